The Balaban J connectivity index is 2.04. The first kappa shape index (κ1) is 23.3. The fraction of sp³-hybridized carbons (Fsp3) is 0.100. The maximum absolute atomic E-state index is 14.3. The number of nitrogens with zero attached hydrogens (tertiary/aromatic N) is 2. The summed E-state index contributed by atoms with van der Waals surface area (Å²) in [6.07, 6.45) is 1.39. The molecule has 0 atom stereocenters. The zero-order valence-corrected chi connectivity index (χ0v) is 16.9. The highest BCUT2D eigenvalue weighted by atomic mass is 32.2. The molecule has 0 spiro atoms. The van der Waals surface area contributed by atoms with Crippen molar-refractivity contribution in [2.75, 3.05) is 0 Å². The van der Waals surface area contributed by atoms with Crippen molar-refractivity contribution in [3.63, 3.8) is 0 Å². The molecule has 0 aliphatic rings. The number of carbonyl (C=O) groups excluding carboxylic acids is 1. The van der Waals surface area contributed by atoms with Crippen molar-refractivity contribution in [2.24, 2.45) is 0 Å². The maximum atomic E-state index is 14.3. The molecule has 32 heavy (non-hydrogen) atoms. The van der Waals surface area contributed by atoms with Crippen molar-refractivity contribution < 1.29 is 36.0 Å². The molecule has 12 heteroatoms. The number of hydroxylamine groups is 1. The lowest BCUT2D eigenvalue weighted by Gasteiger charge is -2.22. The molecule has 0 fully saturated rings. The van der Waals surface area contributed by atoms with Gasteiger partial charge in [-0.1, -0.05) is 18.2 Å². The Hall–Kier alpha value is -3.35. The first-order valence-corrected chi connectivity index (χ1v) is 10.4. The smallest absolute Gasteiger partial charge is 0.274 e. The Bertz CT molecular complexity index is 1240. The summed E-state index contributed by atoms with van der Waals surface area (Å²) in [6.45, 7) is -0.803. The van der Waals surface area contributed by atoms with Crippen LogP contribution >= 0.6 is 0 Å². The van der Waals surface area contributed by atoms with Gasteiger partial charge in [-0.25, -0.2) is 31.5 Å². The van der Waals surface area contributed by atoms with Crippen molar-refractivity contribution in [1.82, 2.24) is 14.8 Å². The van der Waals surface area contributed by atoms with Crippen LogP contribution in [0.3, 0.4) is 0 Å². The third-order valence-corrected chi connectivity index (χ3v) is 6.22. The number of rotatable bonds is 7. The molecule has 2 N–H and O–H groups in total. The number of halogens is 4. The summed E-state index contributed by atoms with van der Waals surface area (Å²) < 4.78 is 81.9. The zero-order chi connectivity index (χ0) is 23.5. The van der Waals surface area contributed by atoms with Crippen molar-refractivity contribution in [3.8, 4) is 0 Å². The van der Waals surface area contributed by atoms with E-state index in [0.29, 0.717) is 9.87 Å². The second-order valence-electron chi connectivity index (χ2n) is 6.53. The molecule has 3 rings (SSSR count). The van der Waals surface area contributed by atoms with E-state index in [4.69, 9.17) is 5.21 Å². The average molecular weight is 469 g/mol. The van der Waals surface area contributed by atoms with E-state index in [2.05, 4.69) is 4.98 Å². The second kappa shape index (κ2) is 9.42. The predicted octanol–water partition coefficient (Wildman–Crippen LogP) is 3.15. The van der Waals surface area contributed by atoms with Crippen LogP contribution in [-0.4, -0.2) is 28.8 Å². The quantitative estimate of drug-likeness (QED) is 0.182. The normalized spacial score (nSPS) is 11.6. The zero-order valence-electron chi connectivity index (χ0n) is 16.1. The average Bonchev–Trinajstić information content (AvgIpc) is 2.80. The Labute approximate surface area is 180 Å². The van der Waals surface area contributed by atoms with Crippen LogP contribution in [0.5, 0.6) is 0 Å². The van der Waals surface area contributed by atoms with Gasteiger partial charge in [-0.15, -0.1) is 0 Å². The Morgan fingerprint density at radius 2 is 1.66 bits per heavy atom. The van der Waals surface area contributed by atoms with Crippen LogP contribution in [0.2, 0.25) is 0 Å². The van der Waals surface area contributed by atoms with Gasteiger partial charge in [0.05, 0.1) is 12.2 Å². The summed E-state index contributed by atoms with van der Waals surface area (Å²) in [5.74, 6) is -9.09. The Morgan fingerprint density at radius 1 is 0.969 bits per heavy atom. The van der Waals surface area contributed by atoms with Gasteiger partial charge in [0, 0.05) is 24.4 Å². The molecule has 1 aromatic heterocycles. The molecule has 0 unspecified atom stereocenters. The molecule has 0 aliphatic carbocycles. The molecule has 1 heterocycles. The number of hydrogen-bond donors (Lipinski definition) is 2. The minimum atomic E-state index is -4.87. The van der Waals surface area contributed by atoms with Gasteiger partial charge in [0.15, 0.2) is 23.3 Å². The highest BCUT2D eigenvalue weighted by Crippen LogP contribution is 2.27. The minimum Gasteiger partial charge on any atom is -0.288 e. The van der Waals surface area contributed by atoms with Gasteiger partial charge in [0.2, 0.25) is 10.0 Å². The fourth-order valence-electron chi connectivity index (χ4n) is 2.81. The number of amides is 1. The summed E-state index contributed by atoms with van der Waals surface area (Å²) in [7, 11) is -4.87. The van der Waals surface area contributed by atoms with E-state index in [1.807, 2.05) is 0 Å². The van der Waals surface area contributed by atoms with Gasteiger partial charge < -0.3 is 0 Å². The summed E-state index contributed by atoms with van der Waals surface area (Å²) >= 11 is 0. The molecule has 0 saturated heterocycles. The molecular formula is C20H15F4N3O4S. The summed E-state index contributed by atoms with van der Waals surface area (Å²) in [5.41, 5.74) is 2.09. The number of sulfonamides is 1. The van der Waals surface area contributed by atoms with Crippen molar-refractivity contribution >= 4 is 15.9 Å². The lowest BCUT2D eigenvalue weighted by Crippen LogP contribution is -2.31. The maximum Gasteiger partial charge on any atom is 0.274 e. The number of hydrogen-bond acceptors (Lipinski definition) is 5. The Kier molecular flexibility index (Phi) is 6.87. The number of carbonyl (C=O) groups is 1. The summed E-state index contributed by atoms with van der Waals surface area (Å²) in [5, 5.41) is 8.67. The molecule has 168 valence electrons. The predicted molar refractivity (Wildman–Crippen MR) is 103 cm³/mol. The second-order valence-corrected chi connectivity index (χ2v) is 8.44. The monoisotopic (exact) mass is 469 g/mol. The van der Waals surface area contributed by atoms with Crippen molar-refractivity contribution in [1.29, 1.82) is 0 Å². The van der Waals surface area contributed by atoms with Gasteiger partial charge in [-0.2, -0.15) is 4.31 Å². The molecule has 3 aromatic rings. The number of nitrogens with one attached hydrogen (secondary N) is 1. The van der Waals surface area contributed by atoms with E-state index in [-0.39, 0.29) is 17.3 Å². The van der Waals surface area contributed by atoms with E-state index in [0.717, 1.165) is 0 Å². The van der Waals surface area contributed by atoms with Gasteiger partial charge in [0.1, 0.15) is 4.90 Å². The fourth-order valence-corrected chi connectivity index (χ4v) is 4.27. The van der Waals surface area contributed by atoms with E-state index < -0.39 is 57.2 Å². The van der Waals surface area contributed by atoms with Crippen LogP contribution in [0, 0.1) is 23.3 Å². The summed E-state index contributed by atoms with van der Waals surface area (Å²) in [4.78, 5) is 14.1. The van der Waals surface area contributed by atoms with Gasteiger partial charge in [0.25, 0.3) is 5.91 Å². The van der Waals surface area contributed by atoms with Gasteiger partial charge in [-0.3, -0.25) is 15.0 Å². The first-order chi connectivity index (χ1) is 15.1. The third-order valence-electron chi connectivity index (χ3n) is 4.43. The summed E-state index contributed by atoms with van der Waals surface area (Å²) in [6, 6.07) is 10.0. The minimum absolute atomic E-state index is 0.0726. The standard InChI is InChI=1S/C20H15F4N3O4S/c21-15-9-16(18(23)19(24)17(15)22)32(30,31)27(11-14-3-1-2-8-25-14)10-12-4-6-13(7-5-12)20(28)26-29/h1-9,29H,10-11H2,(H,26,28). The molecule has 1 amide bonds. The molecule has 0 saturated carbocycles. The van der Waals surface area contributed by atoms with Crippen molar-refractivity contribution in [3.05, 3.63) is 94.8 Å². The third kappa shape index (κ3) is 4.77. The topological polar surface area (TPSA) is 99.6 Å². The SMILES string of the molecule is O=C(NO)c1ccc(CN(Cc2ccccn2)S(=O)(=O)c2cc(F)c(F)c(F)c2F)cc1. The first-order valence-electron chi connectivity index (χ1n) is 8.91. The van der Waals surface area contributed by atoms with E-state index >= 15 is 0 Å². The Morgan fingerprint density at radius 3 is 2.25 bits per heavy atom. The van der Waals surface area contributed by atoms with Crippen molar-refractivity contribution in [2.45, 2.75) is 18.0 Å². The largest absolute Gasteiger partial charge is 0.288 e. The van der Waals surface area contributed by atoms with Crippen LogP contribution in [0.1, 0.15) is 21.6 Å². The lowest BCUT2D eigenvalue weighted by molar-refractivity contribution is 0.0706. The van der Waals surface area contributed by atoms with Crippen LogP contribution in [-0.2, 0) is 23.1 Å². The van der Waals surface area contributed by atoms with Crippen LogP contribution in [0.15, 0.2) is 59.6 Å². The van der Waals surface area contributed by atoms with Gasteiger partial charge >= 0.3 is 0 Å². The van der Waals surface area contributed by atoms with E-state index in [1.54, 1.807) is 12.1 Å². The van der Waals surface area contributed by atoms with Gasteiger partial charge in [-0.05, 0) is 29.8 Å². The lowest BCUT2D eigenvalue weighted by atomic mass is 10.1. The highest BCUT2D eigenvalue weighted by molar-refractivity contribution is 7.89. The number of pyridine rings is 1. The molecule has 7 nitrogen and oxygen atoms in total. The van der Waals surface area contributed by atoms with Crippen LogP contribution in [0.4, 0.5) is 17.6 Å². The van der Waals surface area contributed by atoms with E-state index in [9.17, 15) is 30.8 Å². The highest BCUT2D eigenvalue weighted by Gasteiger charge is 2.32. The molecule has 0 radical (unpaired) electrons. The number of benzene rings is 2. The molecule has 0 aliphatic heterocycles. The number of aromatic nitrogens is 1. The molecule has 2 aromatic carbocycles. The van der Waals surface area contributed by atoms with Crippen LogP contribution in [0.25, 0.3) is 0 Å². The van der Waals surface area contributed by atoms with E-state index in [1.165, 1.54) is 42.0 Å². The molecular weight excluding hydrogens is 454 g/mol. The van der Waals surface area contributed by atoms with Crippen LogP contribution < -0.4 is 5.48 Å². The molecule has 0 bridgehead atoms.